The Hall–Kier alpha value is -2.43. The predicted molar refractivity (Wildman–Crippen MR) is 147 cm³/mol. The van der Waals surface area contributed by atoms with Gasteiger partial charge in [-0.05, 0) is 59.4 Å². The number of aromatic hydroxyl groups is 1. The van der Waals surface area contributed by atoms with E-state index in [2.05, 4.69) is 44.7 Å². The van der Waals surface area contributed by atoms with E-state index < -0.39 is 5.60 Å². The van der Waals surface area contributed by atoms with Gasteiger partial charge in [-0.25, -0.2) is 0 Å². The first-order chi connectivity index (χ1) is 15.5. The number of benzene rings is 2. The molecule has 188 valence electrons. The van der Waals surface area contributed by atoms with Crippen molar-refractivity contribution >= 4 is 23.6 Å². The van der Waals surface area contributed by atoms with Gasteiger partial charge >= 0.3 is 0 Å². The Kier molecular flexibility index (Phi) is 27.8. The monoisotopic (exact) mass is 479 g/mol. The van der Waals surface area contributed by atoms with Crippen molar-refractivity contribution in [3.8, 4) is 5.75 Å². The second kappa shape index (κ2) is 24.2. The fourth-order valence-corrected chi connectivity index (χ4v) is 2.44. The van der Waals surface area contributed by atoms with E-state index in [1.165, 1.54) is 42.5 Å². The Balaban J connectivity index is -0.000000196. The number of allylic oxidation sites excluding steroid dienone is 1. The van der Waals surface area contributed by atoms with Gasteiger partial charge in [0.25, 0.3) is 0 Å². The molecule has 0 spiro atoms. The minimum atomic E-state index is -1.56. The van der Waals surface area contributed by atoms with E-state index in [-0.39, 0.29) is 23.0 Å². The number of rotatable bonds is 3. The summed E-state index contributed by atoms with van der Waals surface area (Å²) >= 11 is 5.86. The van der Waals surface area contributed by atoms with Gasteiger partial charge in [0.1, 0.15) is 11.4 Å². The SMILES string of the molecule is C=CC.CC.CC.CC=N.CCC(O)(C(C)=O)c1ccc(O)cc1Cl.Cc1ccc(C)cc1. The molecule has 3 N–H and O–H groups in total. The molecule has 0 aliphatic carbocycles. The van der Waals surface area contributed by atoms with Crippen molar-refractivity contribution in [1.29, 1.82) is 5.41 Å². The van der Waals surface area contributed by atoms with Crippen LogP contribution in [-0.2, 0) is 10.4 Å². The number of aryl methyl sites for hydroxylation is 2. The van der Waals surface area contributed by atoms with E-state index in [1.54, 1.807) is 19.9 Å². The summed E-state index contributed by atoms with van der Waals surface area (Å²) in [5.41, 5.74) is 1.42. The summed E-state index contributed by atoms with van der Waals surface area (Å²) in [4.78, 5) is 11.4. The topological polar surface area (TPSA) is 81.4 Å². The van der Waals surface area contributed by atoms with Crippen LogP contribution in [0.25, 0.3) is 0 Å². The first-order valence-electron chi connectivity index (χ1n) is 11.3. The molecule has 33 heavy (non-hydrogen) atoms. The van der Waals surface area contributed by atoms with Crippen molar-refractivity contribution in [3.05, 3.63) is 76.8 Å². The molecule has 1 atom stereocenters. The van der Waals surface area contributed by atoms with Crippen LogP contribution >= 0.6 is 11.6 Å². The quantitative estimate of drug-likeness (QED) is 0.305. The van der Waals surface area contributed by atoms with Gasteiger partial charge in [-0.2, -0.15) is 0 Å². The smallest absolute Gasteiger partial charge is 0.165 e. The molecule has 0 bridgehead atoms. The van der Waals surface area contributed by atoms with Crippen LogP contribution in [0.3, 0.4) is 0 Å². The van der Waals surface area contributed by atoms with Gasteiger partial charge in [-0.1, -0.05) is 93.8 Å². The van der Waals surface area contributed by atoms with Crippen molar-refractivity contribution in [2.75, 3.05) is 0 Å². The lowest BCUT2D eigenvalue weighted by atomic mass is 9.87. The van der Waals surface area contributed by atoms with E-state index in [0.29, 0.717) is 5.56 Å². The first-order valence-corrected chi connectivity index (χ1v) is 11.7. The molecule has 2 aromatic carbocycles. The predicted octanol–water partition coefficient (Wildman–Crippen LogP) is 8.44. The van der Waals surface area contributed by atoms with Crippen molar-refractivity contribution in [2.45, 2.75) is 81.3 Å². The van der Waals surface area contributed by atoms with Gasteiger partial charge < -0.3 is 15.6 Å². The Bertz CT molecular complexity index is 731. The van der Waals surface area contributed by atoms with E-state index in [4.69, 9.17) is 22.1 Å². The number of Topliss-reactive ketones (excluding diaryl/α,β-unsaturated/α-hetero) is 1. The lowest BCUT2D eigenvalue weighted by molar-refractivity contribution is -0.136. The number of hydrogen-bond acceptors (Lipinski definition) is 4. The van der Waals surface area contributed by atoms with E-state index in [9.17, 15) is 9.90 Å². The summed E-state index contributed by atoms with van der Waals surface area (Å²) in [6.45, 7) is 22.1. The third-order valence-corrected chi connectivity index (χ3v) is 4.02. The normalized spacial score (nSPS) is 10.1. The number of phenols is 1. The maximum atomic E-state index is 11.4. The third-order valence-electron chi connectivity index (χ3n) is 3.71. The number of aliphatic hydroxyl groups is 1. The fourth-order valence-electron chi connectivity index (χ4n) is 2.11. The number of ketones is 1. The molecule has 1 unspecified atom stereocenters. The van der Waals surface area contributed by atoms with Crippen LogP contribution in [0.4, 0.5) is 0 Å². The first kappa shape index (κ1) is 37.9. The summed E-state index contributed by atoms with van der Waals surface area (Å²) in [7, 11) is 0. The minimum Gasteiger partial charge on any atom is -0.508 e. The minimum absolute atomic E-state index is 0.00533. The second-order valence-electron chi connectivity index (χ2n) is 6.29. The summed E-state index contributed by atoms with van der Waals surface area (Å²) in [6.07, 6.45) is 3.24. The highest BCUT2D eigenvalue weighted by Crippen LogP contribution is 2.33. The van der Waals surface area contributed by atoms with Crippen molar-refractivity contribution in [1.82, 2.24) is 0 Å². The lowest BCUT2D eigenvalue weighted by Gasteiger charge is -2.25. The molecule has 2 rings (SSSR count). The number of hydrogen-bond donors (Lipinski definition) is 3. The molecule has 0 aliphatic rings. The number of carbonyl (C=O) groups excluding carboxylic acids is 1. The van der Waals surface area contributed by atoms with Crippen molar-refractivity contribution in [2.24, 2.45) is 0 Å². The molecule has 0 aromatic heterocycles. The second-order valence-corrected chi connectivity index (χ2v) is 6.69. The molecule has 0 saturated carbocycles. The maximum Gasteiger partial charge on any atom is 0.165 e. The molecule has 0 amide bonds. The highest BCUT2D eigenvalue weighted by Gasteiger charge is 2.34. The third kappa shape index (κ3) is 17.8. The molecule has 0 saturated heterocycles. The molecule has 0 radical (unpaired) electrons. The molecule has 2 aromatic rings. The van der Waals surface area contributed by atoms with Crippen LogP contribution in [0.1, 0.15) is 78.5 Å². The average molecular weight is 480 g/mol. The standard InChI is InChI=1S/C11H13ClO3.C8H10.C3H6.C2H5N.2C2H6/c1-3-11(15,7(2)13)9-5-4-8(14)6-10(9)12;1-7-3-5-8(2)6-4-7;1-3-2;1-2-3;2*1-2/h4-6,14-15H,3H2,1-2H3;3-6H,1-2H3;3H,1H2,2H3;2-3H,1H3;2*1-2H3. The Morgan fingerprint density at radius 3 is 1.61 bits per heavy atom. The van der Waals surface area contributed by atoms with Crippen LogP contribution in [-0.4, -0.2) is 22.2 Å². The van der Waals surface area contributed by atoms with Gasteiger partial charge in [-0.3, -0.25) is 4.79 Å². The highest BCUT2D eigenvalue weighted by molar-refractivity contribution is 6.31. The maximum absolute atomic E-state index is 11.4. The van der Waals surface area contributed by atoms with Gasteiger partial charge in [-0.15, -0.1) is 6.58 Å². The van der Waals surface area contributed by atoms with Gasteiger partial charge in [0.2, 0.25) is 0 Å². The summed E-state index contributed by atoms with van der Waals surface area (Å²) in [5.74, 6) is -0.358. The van der Waals surface area contributed by atoms with Gasteiger partial charge in [0.15, 0.2) is 5.78 Å². The van der Waals surface area contributed by atoms with Crippen LogP contribution < -0.4 is 0 Å². The zero-order valence-electron chi connectivity index (χ0n) is 22.3. The van der Waals surface area contributed by atoms with Crippen LogP contribution in [0.5, 0.6) is 5.75 Å². The summed E-state index contributed by atoms with van der Waals surface area (Å²) in [5, 5.41) is 25.6. The highest BCUT2D eigenvalue weighted by atomic mass is 35.5. The molecule has 5 heteroatoms. The fraction of sp³-hybridized carbons (Fsp3) is 0.429. The van der Waals surface area contributed by atoms with Crippen molar-refractivity contribution < 1.29 is 15.0 Å². The van der Waals surface area contributed by atoms with E-state index in [0.717, 1.165) is 0 Å². The number of nitrogens with one attached hydrogen (secondary N) is 1. The Morgan fingerprint density at radius 2 is 1.36 bits per heavy atom. The lowest BCUT2D eigenvalue weighted by Crippen LogP contribution is -2.33. The number of halogens is 1. The molecule has 0 fully saturated rings. The zero-order valence-corrected chi connectivity index (χ0v) is 23.0. The van der Waals surface area contributed by atoms with Crippen molar-refractivity contribution in [3.63, 3.8) is 0 Å². The van der Waals surface area contributed by atoms with Crippen LogP contribution in [0.2, 0.25) is 5.02 Å². The largest absolute Gasteiger partial charge is 0.508 e. The van der Waals surface area contributed by atoms with E-state index >= 15 is 0 Å². The van der Waals surface area contributed by atoms with Crippen LogP contribution in [0, 0.1) is 19.3 Å². The average Bonchev–Trinajstić information content (AvgIpc) is 2.79. The summed E-state index contributed by atoms with van der Waals surface area (Å²) < 4.78 is 0. The Labute approximate surface area is 207 Å². The molecule has 4 nitrogen and oxygen atoms in total. The zero-order chi connectivity index (χ0) is 27.0. The Morgan fingerprint density at radius 1 is 1.03 bits per heavy atom. The molecule has 0 heterocycles. The van der Waals surface area contributed by atoms with Gasteiger partial charge in [0.05, 0.1) is 5.02 Å². The molecule has 0 aliphatic heterocycles. The molecular formula is C28H46ClNO3. The number of phenolic OH excluding ortho intramolecular Hbond substituents is 1. The van der Waals surface area contributed by atoms with Gasteiger partial charge in [0, 0.05) is 5.56 Å². The molecular weight excluding hydrogens is 434 g/mol. The van der Waals surface area contributed by atoms with Crippen LogP contribution in [0.15, 0.2) is 55.1 Å². The summed E-state index contributed by atoms with van der Waals surface area (Å²) in [6, 6.07) is 12.6. The number of carbonyl (C=O) groups is 1. The van der Waals surface area contributed by atoms with E-state index in [1.807, 2.05) is 34.6 Å².